The Balaban J connectivity index is 2.13. The Labute approximate surface area is 148 Å². The highest BCUT2D eigenvalue weighted by Gasteiger charge is 2.42. The second-order valence-electron chi connectivity index (χ2n) is 6.00. The fourth-order valence-electron chi connectivity index (χ4n) is 3.02. The molecule has 0 radical (unpaired) electrons. The van der Waals surface area contributed by atoms with Crippen LogP contribution in [0.5, 0.6) is 0 Å². The molecule has 2 rings (SSSR count). The third-order valence-electron chi connectivity index (χ3n) is 4.28. The van der Waals surface area contributed by atoms with Crippen LogP contribution in [0.25, 0.3) is 0 Å². The molecule has 0 fully saturated rings. The molecule has 4 nitrogen and oxygen atoms in total. The fraction of sp³-hybridized carbons (Fsp3) is 0.526. The Morgan fingerprint density at radius 2 is 1.58 bits per heavy atom. The molecule has 0 saturated heterocycles. The predicted octanol–water partition coefficient (Wildman–Crippen LogP) is 4.29. The summed E-state index contributed by atoms with van der Waals surface area (Å²) in [6.07, 6.45) is 5.90. The van der Waals surface area contributed by atoms with Crippen molar-refractivity contribution in [1.82, 2.24) is 4.90 Å². The van der Waals surface area contributed by atoms with Crippen LogP contribution in [0.4, 0.5) is 0 Å². The summed E-state index contributed by atoms with van der Waals surface area (Å²) in [4.78, 5) is 39.0. The van der Waals surface area contributed by atoms with Crippen LogP contribution in [0.2, 0.25) is 0 Å². The number of carbonyl (C=O) groups excluding carboxylic acids is 3. The molecule has 0 aliphatic carbocycles. The Morgan fingerprint density at radius 3 is 2.12 bits per heavy atom. The maximum Gasteiger partial charge on any atom is 0.262 e. The molecule has 1 aromatic carbocycles. The Bertz CT molecular complexity index is 579. The number of thioether (sulfide) groups is 1. The number of amides is 2. The molecule has 0 N–H and O–H groups in total. The van der Waals surface area contributed by atoms with Gasteiger partial charge in [-0.05, 0) is 24.3 Å². The van der Waals surface area contributed by atoms with Gasteiger partial charge < -0.3 is 0 Å². The van der Waals surface area contributed by atoms with Gasteiger partial charge in [-0.25, -0.2) is 0 Å². The van der Waals surface area contributed by atoms with E-state index in [0.717, 1.165) is 25.7 Å². The van der Waals surface area contributed by atoms with Crippen LogP contribution < -0.4 is 0 Å². The SMILES string of the molecule is CCCCCCCC(C(=O)SCC)N1C(=O)c2ccccc2C1=O. The van der Waals surface area contributed by atoms with Gasteiger partial charge in [-0.2, -0.15) is 0 Å². The molecule has 5 heteroatoms. The van der Waals surface area contributed by atoms with Crippen molar-refractivity contribution in [3.63, 3.8) is 0 Å². The summed E-state index contributed by atoms with van der Waals surface area (Å²) < 4.78 is 0. The highest BCUT2D eigenvalue weighted by molar-refractivity contribution is 8.13. The maximum atomic E-state index is 12.6. The lowest BCUT2D eigenvalue weighted by Crippen LogP contribution is -2.44. The lowest BCUT2D eigenvalue weighted by Gasteiger charge is -2.24. The van der Waals surface area contributed by atoms with Crippen molar-refractivity contribution in [3.8, 4) is 0 Å². The van der Waals surface area contributed by atoms with Gasteiger partial charge in [0, 0.05) is 0 Å². The van der Waals surface area contributed by atoms with Gasteiger partial charge in [0.05, 0.1) is 11.1 Å². The van der Waals surface area contributed by atoms with E-state index in [-0.39, 0.29) is 16.9 Å². The highest BCUT2D eigenvalue weighted by Crippen LogP contribution is 2.28. The first kappa shape index (κ1) is 18.7. The second kappa shape index (κ2) is 9.02. The van der Waals surface area contributed by atoms with E-state index in [1.807, 2.05) is 6.92 Å². The van der Waals surface area contributed by atoms with Gasteiger partial charge in [-0.15, -0.1) is 0 Å². The molecule has 0 bridgehead atoms. The number of carbonyl (C=O) groups is 3. The van der Waals surface area contributed by atoms with E-state index in [2.05, 4.69) is 6.92 Å². The molecule has 0 spiro atoms. The molecular weight excluding hydrogens is 322 g/mol. The molecule has 1 heterocycles. The fourth-order valence-corrected chi connectivity index (χ4v) is 3.72. The van der Waals surface area contributed by atoms with Gasteiger partial charge in [0.25, 0.3) is 11.8 Å². The molecule has 1 atom stereocenters. The average Bonchev–Trinajstić information content (AvgIpc) is 2.83. The molecule has 1 aliphatic heterocycles. The minimum absolute atomic E-state index is 0.0810. The predicted molar refractivity (Wildman–Crippen MR) is 97.2 cm³/mol. The van der Waals surface area contributed by atoms with Crippen molar-refractivity contribution in [2.75, 3.05) is 5.75 Å². The first-order valence-corrected chi connectivity index (χ1v) is 9.73. The van der Waals surface area contributed by atoms with Crippen molar-refractivity contribution in [3.05, 3.63) is 35.4 Å². The van der Waals surface area contributed by atoms with Crippen LogP contribution in [0.1, 0.15) is 73.1 Å². The normalized spacial score (nSPS) is 14.8. The number of fused-ring (bicyclic) bond motifs is 1. The van der Waals surface area contributed by atoms with Gasteiger partial charge >= 0.3 is 0 Å². The number of benzene rings is 1. The Kier molecular flexibility index (Phi) is 7.03. The molecule has 0 aromatic heterocycles. The van der Waals surface area contributed by atoms with E-state index in [0.29, 0.717) is 23.3 Å². The lowest BCUT2D eigenvalue weighted by atomic mass is 10.1. The molecule has 1 aromatic rings. The van der Waals surface area contributed by atoms with E-state index < -0.39 is 6.04 Å². The zero-order valence-corrected chi connectivity index (χ0v) is 15.2. The van der Waals surface area contributed by atoms with Crippen LogP contribution in [-0.4, -0.2) is 33.6 Å². The van der Waals surface area contributed by atoms with Crippen molar-refractivity contribution in [2.24, 2.45) is 0 Å². The van der Waals surface area contributed by atoms with Gasteiger partial charge in [0.15, 0.2) is 0 Å². The average molecular weight is 347 g/mol. The van der Waals surface area contributed by atoms with Crippen LogP contribution in [-0.2, 0) is 4.79 Å². The van der Waals surface area contributed by atoms with Crippen LogP contribution in [0.3, 0.4) is 0 Å². The van der Waals surface area contributed by atoms with Crippen molar-refractivity contribution < 1.29 is 14.4 Å². The summed E-state index contributed by atoms with van der Waals surface area (Å²) in [5.74, 6) is -0.0210. The van der Waals surface area contributed by atoms with Crippen molar-refractivity contribution >= 4 is 28.7 Å². The molecule has 0 saturated carbocycles. The molecule has 24 heavy (non-hydrogen) atoms. The molecule has 1 unspecified atom stereocenters. The first-order chi connectivity index (χ1) is 11.6. The summed E-state index contributed by atoms with van der Waals surface area (Å²) >= 11 is 1.19. The summed E-state index contributed by atoms with van der Waals surface area (Å²) in [6.45, 7) is 4.06. The van der Waals surface area contributed by atoms with Crippen LogP contribution in [0, 0.1) is 0 Å². The summed E-state index contributed by atoms with van der Waals surface area (Å²) in [5.41, 5.74) is 0.820. The van der Waals surface area contributed by atoms with E-state index >= 15 is 0 Å². The number of hydrogen-bond acceptors (Lipinski definition) is 4. The number of nitrogens with zero attached hydrogens (tertiary/aromatic N) is 1. The number of unbranched alkanes of at least 4 members (excludes halogenated alkanes) is 4. The third kappa shape index (κ3) is 4.07. The largest absolute Gasteiger partial charge is 0.285 e. The van der Waals surface area contributed by atoms with Crippen molar-refractivity contribution in [2.45, 2.75) is 58.4 Å². The van der Waals surface area contributed by atoms with Crippen molar-refractivity contribution in [1.29, 1.82) is 0 Å². The van der Waals surface area contributed by atoms with Gasteiger partial charge in [0.2, 0.25) is 5.12 Å². The van der Waals surface area contributed by atoms with Gasteiger partial charge in [-0.1, -0.05) is 69.8 Å². The monoisotopic (exact) mass is 347 g/mol. The number of hydrogen-bond donors (Lipinski definition) is 0. The van der Waals surface area contributed by atoms with E-state index in [1.165, 1.54) is 23.1 Å². The zero-order valence-electron chi connectivity index (χ0n) is 14.4. The highest BCUT2D eigenvalue weighted by atomic mass is 32.2. The Hall–Kier alpha value is -1.62. The van der Waals surface area contributed by atoms with E-state index in [4.69, 9.17) is 0 Å². The lowest BCUT2D eigenvalue weighted by molar-refractivity contribution is -0.114. The standard InChI is InChI=1S/C19H25NO3S/c1-3-5-6-7-8-13-16(19(23)24-4-2)20-17(21)14-11-9-10-12-15(14)18(20)22/h9-12,16H,3-8,13H2,1-2H3. The maximum absolute atomic E-state index is 12.6. The summed E-state index contributed by atoms with van der Waals surface area (Å²) in [5, 5.41) is -0.0810. The molecule has 1 aliphatic rings. The first-order valence-electron chi connectivity index (χ1n) is 8.75. The van der Waals surface area contributed by atoms with Crippen LogP contribution in [0.15, 0.2) is 24.3 Å². The smallest absolute Gasteiger partial charge is 0.262 e. The quantitative estimate of drug-likeness (QED) is 0.494. The van der Waals surface area contributed by atoms with Gasteiger partial charge in [-0.3, -0.25) is 19.3 Å². The zero-order chi connectivity index (χ0) is 17.5. The summed E-state index contributed by atoms with van der Waals surface area (Å²) in [6, 6.07) is 6.16. The second-order valence-corrected chi connectivity index (χ2v) is 7.27. The molecule has 130 valence electrons. The van der Waals surface area contributed by atoms with E-state index in [9.17, 15) is 14.4 Å². The third-order valence-corrected chi connectivity index (χ3v) is 5.12. The Morgan fingerprint density at radius 1 is 1.00 bits per heavy atom. The van der Waals surface area contributed by atoms with Gasteiger partial charge in [0.1, 0.15) is 6.04 Å². The van der Waals surface area contributed by atoms with E-state index in [1.54, 1.807) is 24.3 Å². The number of imide groups is 1. The minimum Gasteiger partial charge on any atom is -0.285 e. The minimum atomic E-state index is -0.649. The summed E-state index contributed by atoms with van der Waals surface area (Å²) in [7, 11) is 0. The molecule has 2 amide bonds. The topological polar surface area (TPSA) is 54.5 Å². The van der Waals surface area contributed by atoms with Crippen LogP contribution >= 0.6 is 11.8 Å². The molecular formula is C19H25NO3S. The number of rotatable bonds is 9.